The van der Waals surface area contributed by atoms with Crippen LogP contribution < -0.4 is 0 Å². The first-order valence-electron chi connectivity index (χ1n) is 8.74. The van der Waals surface area contributed by atoms with E-state index in [0.717, 1.165) is 25.0 Å². The van der Waals surface area contributed by atoms with E-state index in [0.29, 0.717) is 19.0 Å². The van der Waals surface area contributed by atoms with Crippen LogP contribution in [0, 0.1) is 17.0 Å². The summed E-state index contributed by atoms with van der Waals surface area (Å²) in [5, 5.41) is 20.2. The monoisotopic (exact) mass is 368 g/mol. The van der Waals surface area contributed by atoms with E-state index < -0.39 is 16.6 Å². The second-order valence-corrected chi connectivity index (χ2v) is 6.75. The average Bonchev–Trinajstić information content (AvgIpc) is 2.67. The molecule has 1 aliphatic rings. The number of carboxylic acid groups (broad SMARTS) is 1. The molecule has 1 fully saturated rings. The first-order chi connectivity index (χ1) is 12.9. The number of hydrogen-bond donors (Lipinski definition) is 1. The van der Waals surface area contributed by atoms with Gasteiger partial charge in [-0.25, -0.2) is 4.79 Å². The number of aryl methyl sites for hydroxylation is 1. The largest absolute Gasteiger partial charge is 0.478 e. The molecule has 3 rings (SSSR count). The fourth-order valence-corrected chi connectivity index (χ4v) is 3.58. The molecule has 1 saturated heterocycles. The van der Waals surface area contributed by atoms with Crippen molar-refractivity contribution in [1.82, 2.24) is 4.90 Å². The third kappa shape index (κ3) is 3.97. The Morgan fingerprint density at radius 3 is 2.33 bits per heavy atom. The lowest BCUT2D eigenvalue weighted by Crippen LogP contribution is -2.38. The first-order valence-corrected chi connectivity index (χ1v) is 8.74. The van der Waals surface area contributed by atoms with E-state index in [1.165, 1.54) is 17.2 Å². The van der Waals surface area contributed by atoms with E-state index in [2.05, 4.69) is 19.1 Å². The summed E-state index contributed by atoms with van der Waals surface area (Å²) in [6.45, 7) is 3.13. The van der Waals surface area contributed by atoms with Crippen molar-refractivity contribution in [3.05, 3.63) is 74.8 Å². The molecule has 0 aliphatic carbocycles. The number of carbonyl (C=O) groups excluding carboxylic acids is 1. The van der Waals surface area contributed by atoms with Crippen LogP contribution in [0.1, 0.15) is 50.6 Å². The van der Waals surface area contributed by atoms with E-state index in [-0.39, 0.29) is 17.0 Å². The molecule has 27 heavy (non-hydrogen) atoms. The van der Waals surface area contributed by atoms with Crippen molar-refractivity contribution in [1.29, 1.82) is 0 Å². The van der Waals surface area contributed by atoms with Gasteiger partial charge in [0.2, 0.25) is 0 Å². The molecule has 7 heteroatoms. The number of nitro benzene ring substituents is 1. The molecule has 0 unspecified atom stereocenters. The average molecular weight is 368 g/mol. The van der Waals surface area contributed by atoms with Gasteiger partial charge in [-0.1, -0.05) is 24.3 Å². The first kappa shape index (κ1) is 18.6. The third-order valence-corrected chi connectivity index (χ3v) is 5.03. The summed E-state index contributed by atoms with van der Waals surface area (Å²) < 4.78 is 0. The number of aromatic carboxylic acids is 1. The predicted molar refractivity (Wildman–Crippen MR) is 99.1 cm³/mol. The SMILES string of the molecule is Cc1ccccc1C1CCN(C(=O)c2cc(C(=O)O)cc([N+](=O)[O-])c2)CC1. The number of benzene rings is 2. The second-order valence-electron chi connectivity index (χ2n) is 6.75. The van der Waals surface area contributed by atoms with E-state index in [1.807, 2.05) is 12.1 Å². The standard InChI is InChI=1S/C20H20N2O5/c1-13-4-2-3-5-18(13)14-6-8-21(9-7-14)19(23)15-10-16(20(24)25)12-17(11-15)22(26)27/h2-5,10-12,14H,6-9H2,1H3,(H,24,25). The summed E-state index contributed by atoms with van der Waals surface area (Å²) in [7, 11) is 0. The maximum absolute atomic E-state index is 12.8. The molecule has 2 aromatic carbocycles. The van der Waals surface area contributed by atoms with Crippen molar-refractivity contribution in [3.8, 4) is 0 Å². The Labute approximate surface area is 156 Å². The van der Waals surface area contributed by atoms with Crippen LogP contribution in [-0.2, 0) is 0 Å². The highest BCUT2D eigenvalue weighted by molar-refractivity contribution is 5.98. The van der Waals surface area contributed by atoms with Crippen LogP contribution in [0.4, 0.5) is 5.69 Å². The van der Waals surface area contributed by atoms with Crippen molar-refractivity contribution >= 4 is 17.6 Å². The van der Waals surface area contributed by atoms with Gasteiger partial charge in [0, 0.05) is 30.8 Å². The van der Waals surface area contributed by atoms with E-state index in [4.69, 9.17) is 5.11 Å². The molecule has 0 radical (unpaired) electrons. The minimum atomic E-state index is -1.30. The van der Waals surface area contributed by atoms with Gasteiger partial charge in [0.1, 0.15) is 0 Å². The van der Waals surface area contributed by atoms with Gasteiger partial charge in [-0.2, -0.15) is 0 Å². The number of nitro groups is 1. The molecule has 0 bridgehead atoms. The highest BCUT2D eigenvalue weighted by Gasteiger charge is 2.27. The maximum atomic E-state index is 12.8. The number of carbonyl (C=O) groups is 2. The van der Waals surface area contributed by atoms with Crippen molar-refractivity contribution < 1.29 is 19.6 Å². The summed E-state index contributed by atoms with van der Waals surface area (Å²) in [4.78, 5) is 36.0. The molecule has 1 aliphatic heterocycles. The van der Waals surface area contributed by atoms with Gasteiger partial charge in [0.25, 0.3) is 11.6 Å². The highest BCUT2D eigenvalue weighted by atomic mass is 16.6. The summed E-state index contributed by atoms with van der Waals surface area (Å²) in [6.07, 6.45) is 1.61. The summed E-state index contributed by atoms with van der Waals surface area (Å²) in [5.41, 5.74) is 1.89. The number of piperidine rings is 1. The fourth-order valence-electron chi connectivity index (χ4n) is 3.58. The van der Waals surface area contributed by atoms with Crippen LogP contribution in [-0.4, -0.2) is 39.9 Å². The zero-order valence-electron chi connectivity index (χ0n) is 14.9. The molecule has 7 nitrogen and oxygen atoms in total. The van der Waals surface area contributed by atoms with Crippen LogP contribution in [0.15, 0.2) is 42.5 Å². The molecule has 0 aromatic heterocycles. The topological polar surface area (TPSA) is 101 Å². The smallest absolute Gasteiger partial charge is 0.335 e. The normalized spacial score (nSPS) is 14.8. The van der Waals surface area contributed by atoms with E-state index in [9.17, 15) is 19.7 Å². The van der Waals surface area contributed by atoms with Crippen molar-refractivity contribution in [2.24, 2.45) is 0 Å². The molecule has 1 heterocycles. The minimum Gasteiger partial charge on any atom is -0.478 e. The lowest BCUT2D eigenvalue weighted by Gasteiger charge is -2.33. The summed E-state index contributed by atoms with van der Waals surface area (Å²) in [6, 6.07) is 11.5. The van der Waals surface area contributed by atoms with Crippen LogP contribution >= 0.6 is 0 Å². The molecule has 0 atom stereocenters. The molecule has 140 valence electrons. The number of rotatable bonds is 4. The lowest BCUT2D eigenvalue weighted by atomic mass is 9.87. The number of nitrogens with zero attached hydrogens (tertiary/aromatic N) is 2. The van der Waals surface area contributed by atoms with Crippen LogP contribution in [0.2, 0.25) is 0 Å². The Bertz CT molecular complexity index is 869. The number of amides is 1. The lowest BCUT2D eigenvalue weighted by molar-refractivity contribution is -0.384. The number of non-ortho nitro benzene ring substituents is 1. The van der Waals surface area contributed by atoms with Gasteiger partial charge in [-0.3, -0.25) is 14.9 Å². The third-order valence-electron chi connectivity index (χ3n) is 5.03. The van der Waals surface area contributed by atoms with Gasteiger partial charge < -0.3 is 10.0 Å². The zero-order valence-corrected chi connectivity index (χ0v) is 14.9. The second kappa shape index (κ2) is 7.57. The van der Waals surface area contributed by atoms with Gasteiger partial charge in [0.05, 0.1) is 10.5 Å². The van der Waals surface area contributed by atoms with Crippen molar-refractivity contribution in [3.63, 3.8) is 0 Å². The quantitative estimate of drug-likeness (QED) is 0.656. The molecular formula is C20H20N2O5. The molecule has 0 spiro atoms. The Morgan fingerprint density at radius 1 is 1.11 bits per heavy atom. The maximum Gasteiger partial charge on any atom is 0.335 e. The van der Waals surface area contributed by atoms with Gasteiger partial charge >= 0.3 is 5.97 Å². The van der Waals surface area contributed by atoms with Gasteiger partial charge in [0.15, 0.2) is 0 Å². The number of hydrogen-bond acceptors (Lipinski definition) is 4. The number of carboxylic acids is 1. The molecule has 1 amide bonds. The van der Waals surface area contributed by atoms with Crippen molar-refractivity contribution in [2.75, 3.05) is 13.1 Å². The minimum absolute atomic E-state index is 0.0379. The van der Waals surface area contributed by atoms with Gasteiger partial charge in [-0.15, -0.1) is 0 Å². The van der Waals surface area contributed by atoms with Crippen LogP contribution in [0.25, 0.3) is 0 Å². The molecular weight excluding hydrogens is 348 g/mol. The highest BCUT2D eigenvalue weighted by Crippen LogP contribution is 2.31. The van der Waals surface area contributed by atoms with E-state index in [1.54, 1.807) is 4.90 Å². The Morgan fingerprint density at radius 2 is 1.74 bits per heavy atom. The molecule has 0 saturated carbocycles. The zero-order chi connectivity index (χ0) is 19.6. The molecule has 2 aromatic rings. The summed E-state index contributed by atoms with van der Waals surface area (Å²) in [5.74, 6) is -1.30. The van der Waals surface area contributed by atoms with Gasteiger partial charge in [-0.05, 0) is 42.9 Å². The fraction of sp³-hybridized carbons (Fsp3) is 0.300. The predicted octanol–water partition coefficient (Wildman–Crippen LogP) is 3.62. The Balaban J connectivity index is 1.77. The summed E-state index contributed by atoms with van der Waals surface area (Å²) >= 11 is 0. The Hall–Kier alpha value is -3.22. The van der Waals surface area contributed by atoms with E-state index >= 15 is 0 Å². The van der Waals surface area contributed by atoms with Crippen LogP contribution in [0.5, 0.6) is 0 Å². The number of likely N-dealkylation sites (tertiary alicyclic amines) is 1. The van der Waals surface area contributed by atoms with Crippen LogP contribution in [0.3, 0.4) is 0 Å². The van der Waals surface area contributed by atoms with Crippen molar-refractivity contribution in [2.45, 2.75) is 25.7 Å². The Kier molecular flexibility index (Phi) is 5.21. The molecule has 1 N–H and O–H groups in total.